The van der Waals surface area contributed by atoms with Crippen LogP contribution in [-0.4, -0.2) is 26.5 Å². The van der Waals surface area contributed by atoms with Gasteiger partial charge in [0.2, 0.25) is 5.76 Å². The van der Waals surface area contributed by atoms with Crippen molar-refractivity contribution in [2.45, 2.75) is 6.61 Å². The molecule has 0 unspecified atom stereocenters. The molecule has 0 spiro atoms. The molecule has 1 aromatic heterocycles. The van der Waals surface area contributed by atoms with E-state index in [1.165, 1.54) is 20.3 Å². The Balaban J connectivity index is 2.19. The number of esters is 1. The molecule has 0 atom stereocenters. The molecule has 116 valence electrons. The lowest BCUT2D eigenvalue weighted by Crippen LogP contribution is -2.01. The van der Waals surface area contributed by atoms with E-state index < -0.39 is 5.97 Å². The Bertz CT molecular complexity index is 691. The summed E-state index contributed by atoms with van der Waals surface area (Å²) in [5, 5.41) is 0. The zero-order valence-corrected chi connectivity index (χ0v) is 13.5. The first-order valence-corrected chi connectivity index (χ1v) is 7.01. The molecular formula is C15H13BrO6. The highest BCUT2D eigenvalue weighted by molar-refractivity contribution is 9.10. The van der Waals surface area contributed by atoms with Gasteiger partial charge in [-0.3, -0.25) is 4.79 Å². The molecular weight excluding hydrogens is 356 g/mol. The summed E-state index contributed by atoms with van der Waals surface area (Å²) in [5.74, 6) is 0.649. The van der Waals surface area contributed by atoms with Crippen LogP contribution in [0.4, 0.5) is 0 Å². The number of aldehydes is 1. The van der Waals surface area contributed by atoms with Gasteiger partial charge in [-0.25, -0.2) is 4.79 Å². The largest absolute Gasteiger partial charge is 0.493 e. The van der Waals surface area contributed by atoms with Crippen LogP contribution in [0.25, 0.3) is 0 Å². The molecule has 7 heteroatoms. The van der Waals surface area contributed by atoms with Gasteiger partial charge in [-0.05, 0) is 24.3 Å². The van der Waals surface area contributed by atoms with Crippen molar-refractivity contribution in [3.8, 4) is 11.5 Å². The van der Waals surface area contributed by atoms with Crippen molar-refractivity contribution < 1.29 is 28.2 Å². The first-order chi connectivity index (χ1) is 10.6. The predicted octanol–water partition coefficient (Wildman–Crippen LogP) is 3.23. The molecule has 0 saturated carbocycles. The summed E-state index contributed by atoms with van der Waals surface area (Å²) in [4.78, 5) is 22.5. The Morgan fingerprint density at radius 3 is 2.73 bits per heavy atom. The molecule has 2 rings (SSSR count). The van der Waals surface area contributed by atoms with Crippen LogP contribution in [0, 0.1) is 0 Å². The molecule has 0 aliphatic heterocycles. The number of hydrogen-bond acceptors (Lipinski definition) is 6. The molecule has 6 nitrogen and oxygen atoms in total. The number of carbonyl (C=O) groups is 2. The van der Waals surface area contributed by atoms with E-state index in [-0.39, 0.29) is 12.4 Å². The van der Waals surface area contributed by atoms with E-state index in [2.05, 4.69) is 20.7 Å². The maximum atomic E-state index is 11.3. The second kappa shape index (κ2) is 7.13. The molecule has 0 aliphatic carbocycles. The van der Waals surface area contributed by atoms with Gasteiger partial charge in [0.05, 0.1) is 19.8 Å². The van der Waals surface area contributed by atoms with Crippen LogP contribution in [0.15, 0.2) is 33.2 Å². The fourth-order valence-electron chi connectivity index (χ4n) is 1.79. The van der Waals surface area contributed by atoms with Crippen LogP contribution in [0.3, 0.4) is 0 Å². The first-order valence-electron chi connectivity index (χ1n) is 6.21. The minimum absolute atomic E-state index is 0.0375. The van der Waals surface area contributed by atoms with Crippen LogP contribution in [-0.2, 0) is 11.3 Å². The summed E-state index contributed by atoms with van der Waals surface area (Å²) < 4.78 is 21.3. The monoisotopic (exact) mass is 368 g/mol. The number of rotatable bonds is 6. The molecule has 1 heterocycles. The van der Waals surface area contributed by atoms with Crippen molar-refractivity contribution in [1.29, 1.82) is 0 Å². The van der Waals surface area contributed by atoms with Gasteiger partial charge in [-0.1, -0.05) is 15.9 Å². The Hall–Kier alpha value is -2.28. The first kappa shape index (κ1) is 16.1. The maximum absolute atomic E-state index is 11.3. The van der Waals surface area contributed by atoms with Crippen molar-refractivity contribution in [2.24, 2.45) is 0 Å². The normalized spacial score (nSPS) is 10.1. The zero-order valence-electron chi connectivity index (χ0n) is 11.9. The lowest BCUT2D eigenvalue weighted by Gasteiger charge is -2.12. The van der Waals surface area contributed by atoms with Crippen LogP contribution < -0.4 is 9.47 Å². The Labute approximate surface area is 135 Å². The topological polar surface area (TPSA) is 75.0 Å². The predicted molar refractivity (Wildman–Crippen MR) is 80.5 cm³/mol. The van der Waals surface area contributed by atoms with Crippen LogP contribution in [0.1, 0.15) is 26.7 Å². The van der Waals surface area contributed by atoms with Gasteiger partial charge in [0.25, 0.3) is 0 Å². The molecule has 0 N–H and O–H groups in total. The van der Waals surface area contributed by atoms with Gasteiger partial charge >= 0.3 is 5.97 Å². The van der Waals surface area contributed by atoms with Crippen molar-refractivity contribution in [3.05, 3.63) is 45.8 Å². The molecule has 0 aliphatic rings. The zero-order chi connectivity index (χ0) is 16.1. The van der Waals surface area contributed by atoms with Crippen LogP contribution in [0.2, 0.25) is 0 Å². The quantitative estimate of drug-likeness (QED) is 0.575. The molecule has 0 fully saturated rings. The second-order valence-corrected chi connectivity index (χ2v) is 5.11. The molecule has 0 saturated heterocycles. The summed E-state index contributed by atoms with van der Waals surface area (Å²) in [5.41, 5.74) is 0.339. The van der Waals surface area contributed by atoms with E-state index in [4.69, 9.17) is 13.9 Å². The smallest absolute Gasteiger partial charge is 0.373 e. The number of ether oxygens (including phenoxy) is 3. The van der Waals surface area contributed by atoms with E-state index in [1.54, 1.807) is 18.2 Å². The van der Waals surface area contributed by atoms with Crippen LogP contribution in [0.5, 0.6) is 11.5 Å². The lowest BCUT2D eigenvalue weighted by molar-refractivity contribution is 0.0561. The van der Waals surface area contributed by atoms with Gasteiger partial charge in [0, 0.05) is 4.47 Å². The third-order valence-corrected chi connectivity index (χ3v) is 3.26. The Morgan fingerprint density at radius 1 is 1.32 bits per heavy atom. The van der Waals surface area contributed by atoms with E-state index in [1.807, 2.05) is 0 Å². The Kier molecular flexibility index (Phi) is 5.21. The van der Waals surface area contributed by atoms with Gasteiger partial charge < -0.3 is 18.6 Å². The van der Waals surface area contributed by atoms with E-state index >= 15 is 0 Å². The number of hydrogen-bond donors (Lipinski definition) is 0. The lowest BCUT2D eigenvalue weighted by atomic mass is 10.2. The highest BCUT2D eigenvalue weighted by Crippen LogP contribution is 2.34. The van der Waals surface area contributed by atoms with E-state index in [0.717, 1.165) is 0 Å². The summed E-state index contributed by atoms with van der Waals surface area (Å²) >= 11 is 3.29. The van der Waals surface area contributed by atoms with Crippen LogP contribution >= 0.6 is 15.9 Å². The number of halogens is 1. The third-order valence-electron chi connectivity index (χ3n) is 2.80. The third kappa shape index (κ3) is 3.48. The van der Waals surface area contributed by atoms with Crippen molar-refractivity contribution in [1.82, 2.24) is 0 Å². The average Bonchev–Trinajstić information content (AvgIpc) is 3.00. The van der Waals surface area contributed by atoms with Crippen molar-refractivity contribution >= 4 is 28.2 Å². The summed E-state index contributed by atoms with van der Waals surface area (Å²) in [6, 6.07) is 6.39. The fourth-order valence-corrected chi connectivity index (χ4v) is 2.25. The second-order valence-electron chi connectivity index (χ2n) is 4.19. The molecule has 2 aromatic rings. The average molecular weight is 369 g/mol. The van der Waals surface area contributed by atoms with Crippen molar-refractivity contribution in [3.63, 3.8) is 0 Å². The number of methoxy groups -OCH3 is 2. The van der Waals surface area contributed by atoms with Gasteiger partial charge in [-0.2, -0.15) is 0 Å². The summed E-state index contributed by atoms with van der Waals surface area (Å²) in [6.07, 6.45) is 0.671. The number of furan rings is 1. The van der Waals surface area contributed by atoms with Crippen molar-refractivity contribution in [2.75, 3.05) is 14.2 Å². The minimum atomic E-state index is -0.568. The highest BCUT2D eigenvalue weighted by atomic mass is 79.9. The molecule has 1 aromatic carbocycles. The molecule has 0 bridgehead atoms. The fraction of sp³-hybridized carbons (Fsp3) is 0.200. The minimum Gasteiger partial charge on any atom is -0.493 e. The van der Waals surface area contributed by atoms with Gasteiger partial charge in [0.15, 0.2) is 17.8 Å². The van der Waals surface area contributed by atoms with Gasteiger partial charge in [0.1, 0.15) is 12.4 Å². The number of benzene rings is 1. The molecule has 22 heavy (non-hydrogen) atoms. The number of carbonyl (C=O) groups excluding carboxylic acids is 2. The van der Waals surface area contributed by atoms with E-state index in [0.29, 0.717) is 33.6 Å². The summed E-state index contributed by atoms with van der Waals surface area (Å²) in [6.45, 7) is 0.0375. The highest BCUT2D eigenvalue weighted by Gasteiger charge is 2.15. The van der Waals surface area contributed by atoms with E-state index in [9.17, 15) is 9.59 Å². The maximum Gasteiger partial charge on any atom is 0.373 e. The van der Waals surface area contributed by atoms with Gasteiger partial charge in [-0.15, -0.1) is 0 Å². The summed E-state index contributed by atoms with van der Waals surface area (Å²) in [7, 11) is 2.75. The Morgan fingerprint density at radius 2 is 2.09 bits per heavy atom. The standard InChI is InChI=1S/C15H13BrO6/c1-19-13-6-10(16)5-9(7-17)14(13)21-8-11-3-4-12(22-11)15(18)20-2/h3-7H,8H2,1-2H3. The SMILES string of the molecule is COC(=O)c1ccc(COc2c(C=O)cc(Br)cc2OC)o1. The molecule has 0 amide bonds. The molecule has 0 radical (unpaired) electrons.